The molecule has 1 atom stereocenters. The summed E-state index contributed by atoms with van der Waals surface area (Å²) in [7, 11) is 0. The maximum atomic E-state index is 11.7. The fourth-order valence-electron chi connectivity index (χ4n) is 1.43. The van der Waals surface area contributed by atoms with Gasteiger partial charge >= 0.3 is 5.97 Å². The number of hydrogen-bond acceptors (Lipinski definition) is 6. The average molecular weight is 309 g/mol. The molecule has 0 bridgehead atoms. The van der Waals surface area contributed by atoms with Gasteiger partial charge in [0.25, 0.3) is 0 Å². The van der Waals surface area contributed by atoms with Crippen LogP contribution in [0, 0.1) is 0 Å². The van der Waals surface area contributed by atoms with Crippen LogP contribution in [-0.4, -0.2) is 23.7 Å². The van der Waals surface area contributed by atoms with E-state index < -0.39 is 12.1 Å². The van der Waals surface area contributed by atoms with Crippen molar-refractivity contribution in [1.82, 2.24) is 4.98 Å². The molecule has 0 saturated heterocycles. The summed E-state index contributed by atoms with van der Waals surface area (Å²) < 4.78 is 10.4. The summed E-state index contributed by atoms with van der Waals surface area (Å²) in [6.45, 7) is 5.68. The Morgan fingerprint density at radius 3 is 3.10 bits per heavy atom. The van der Waals surface area contributed by atoms with Gasteiger partial charge in [-0.2, -0.15) is 0 Å². The van der Waals surface area contributed by atoms with Gasteiger partial charge in [0.1, 0.15) is 11.6 Å². The first-order valence-electron chi connectivity index (χ1n) is 6.08. The molecule has 1 unspecified atom stereocenters. The van der Waals surface area contributed by atoms with Gasteiger partial charge < -0.3 is 9.47 Å². The van der Waals surface area contributed by atoms with Crippen molar-refractivity contribution in [3.8, 4) is 9.88 Å². The molecule has 0 fully saturated rings. The van der Waals surface area contributed by atoms with E-state index in [1.54, 1.807) is 35.7 Å². The SMILES string of the molecule is C=CCOC(C)C(=O)OCc1csc(-c2cccs2)n1. The van der Waals surface area contributed by atoms with Crippen LogP contribution in [-0.2, 0) is 20.9 Å². The summed E-state index contributed by atoms with van der Waals surface area (Å²) in [5.41, 5.74) is 0.752. The molecule has 20 heavy (non-hydrogen) atoms. The van der Waals surface area contributed by atoms with Crippen LogP contribution < -0.4 is 0 Å². The number of ether oxygens (including phenoxy) is 2. The predicted octanol–water partition coefficient (Wildman–Crippen LogP) is 3.51. The van der Waals surface area contributed by atoms with E-state index in [1.165, 1.54) is 0 Å². The fraction of sp³-hybridized carbons (Fsp3) is 0.286. The zero-order valence-corrected chi connectivity index (χ0v) is 12.7. The fourth-order valence-corrected chi connectivity index (χ4v) is 3.05. The molecular weight excluding hydrogens is 294 g/mol. The number of thiophene rings is 1. The minimum Gasteiger partial charge on any atom is -0.457 e. The standard InChI is InChI=1S/C14H15NO3S2/c1-3-6-17-10(2)14(16)18-8-11-9-20-13(15-11)12-5-4-7-19-12/h3-5,7,9-10H,1,6,8H2,2H3. The highest BCUT2D eigenvalue weighted by Gasteiger charge is 2.15. The van der Waals surface area contributed by atoms with E-state index in [9.17, 15) is 4.79 Å². The molecule has 106 valence electrons. The van der Waals surface area contributed by atoms with Crippen molar-refractivity contribution in [3.05, 3.63) is 41.2 Å². The molecule has 2 heterocycles. The second-order valence-corrected chi connectivity index (χ2v) is 5.80. The van der Waals surface area contributed by atoms with E-state index in [4.69, 9.17) is 9.47 Å². The average Bonchev–Trinajstić information content (AvgIpc) is 3.12. The van der Waals surface area contributed by atoms with Gasteiger partial charge in [0, 0.05) is 5.38 Å². The van der Waals surface area contributed by atoms with Crippen molar-refractivity contribution in [2.24, 2.45) is 0 Å². The lowest BCUT2D eigenvalue weighted by molar-refractivity contribution is -0.156. The molecule has 0 spiro atoms. The third kappa shape index (κ3) is 4.00. The van der Waals surface area contributed by atoms with E-state index in [0.29, 0.717) is 6.61 Å². The van der Waals surface area contributed by atoms with Crippen molar-refractivity contribution < 1.29 is 14.3 Å². The smallest absolute Gasteiger partial charge is 0.335 e. The summed E-state index contributed by atoms with van der Waals surface area (Å²) in [6.07, 6.45) is 1.00. The van der Waals surface area contributed by atoms with Crippen LogP contribution in [0.1, 0.15) is 12.6 Å². The quantitative estimate of drug-likeness (QED) is 0.580. The van der Waals surface area contributed by atoms with Crippen LogP contribution in [0.3, 0.4) is 0 Å². The maximum absolute atomic E-state index is 11.7. The van der Waals surface area contributed by atoms with Gasteiger partial charge in [-0.05, 0) is 18.4 Å². The Kier molecular flexibility index (Phi) is 5.46. The van der Waals surface area contributed by atoms with E-state index >= 15 is 0 Å². The summed E-state index contributed by atoms with van der Waals surface area (Å²) in [4.78, 5) is 17.2. The lowest BCUT2D eigenvalue weighted by Gasteiger charge is -2.10. The molecule has 0 N–H and O–H groups in total. The van der Waals surface area contributed by atoms with Crippen LogP contribution in [0.4, 0.5) is 0 Å². The number of carbonyl (C=O) groups excluding carboxylic acids is 1. The van der Waals surface area contributed by atoms with Crippen molar-refractivity contribution >= 4 is 28.6 Å². The van der Waals surface area contributed by atoms with Crippen molar-refractivity contribution in [2.45, 2.75) is 19.6 Å². The van der Waals surface area contributed by atoms with Gasteiger partial charge in [-0.15, -0.1) is 29.3 Å². The molecule has 2 aromatic rings. The third-order valence-corrected chi connectivity index (χ3v) is 4.37. The van der Waals surface area contributed by atoms with Gasteiger partial charge in [-0.1, -0.05) is 12.1 Å². The highest BCUT2D eigenvalue weighted by atomic mass is 32.1. The molecule has 6 heteroatoms. The molecule has 0 aliphatic rings. The van der Waals surface area contributed by atoms with Crippen molar-refractivity contribution in [2.75, 3.05) is 6.61 Å². The lowest BCUT2D eigenvalue weighted by Crippen LogP contribution is -2.23. The van der Waals surface area contributed by atoms with E-state index in [2.05, 4.69) is 11.6 Å². The minimum atomic E-state index is -0.594. The molecule has 4 nitrogen and oxygen atoms in total. The minimum absolute atomic E-state index is 0.169. The van der Waals surface area contributed by atoms with Crippen LogP contribution in [0.25, 0.3) is 9.88 Å². The van der Waals surface area contributed by atoms with Crippen molar-refractivity contribution in [1.29, 1.82) is 0 Å². The number of nitrogens with zero attached hydrogens (tertiary/aromatic N) is 1. The molecule has 0 radical (unpaired) electrons. The summed E-state index contributed by atoms with van der Waals surface area (Å²) in [5.74, 6) is -0.391. The Hall–Kier alpha value is -1.50. The van der Waals surface area contributed by atoms with Crippen molar-refractivity contribution in [3.63, 3.8) is 0 Å². The molecule has 0 saturated carbocycles. The number of hydrogen-bond donors (Lipinski definition) is 0. The Bertz CT molecular complexity index is 563. The second-order valence-electron chi connectivity index (χ2n) is 3.99. The van der Waals surface area contributed by atoms with E-state index in [1.807, 2.05) is 22.9 Å². The first-order valence-corrected chi connectivity index (χ1v) is 7.84. The first kappa shape index (κ1) is 14.9. The van der Waals surface area contributed by atoms with Crippen LogP contribution in [0.5, 0.6) is 0 Å². The molecule has 2 rings (SSSR count). The van der Waals surface area contributed by atoms with Gasteiger partial charge in [-0.25, -0.2) is 9.78 Å². The highest BCUT2D eigenvalue weighted by molar-refractivity contribution is 7.20. The van der Waals surface area contributed by atoms with Gasteiger partial charge in [0.2, 0.25) is 0 Å². The molecular formula is C14H15NO3S2. The zero-order chi connectivity index (χ0) is 14.4. The molecule has 0 amide bonds. The monoisotopic (exact) mass is 309 g/mol. The van der Waals surface area contributed by atoms with Crippen LogP contribution >= 0.6 is 22.7 Å². The number of aromatic nitrogens is 1. The van der Waals surface area contributed by atoms with Crippen LogP contribution in [0.2, 0.25) is 0 Å². The number of thiazole rings is 1. The number of carbonyl (C=O) groups is 1. The summed E-state index contributed by atoms with van der Waals surface area (Å²) >= 11 is 3.18. The Balaban J connectivity index is 1.85. The molecule has 0 aliphatic carbocycles. The maximum Gasteiger partial charge on any atom is 0.335 e. The summed E-state index contributed by atoms with van der Waals surface area (Å²) in [6, 6.07) is 4.00. The number of esters is 1. The Morgan fingerprint density at radius 2 is 2.40 bits per heavy atom. The second kappa shape index (κ2) is 7.33. The van der Waals surface area contributed by atoms with E-state index in [0.717, 1.165) is 15.6 Å². The third-order valence-electron chi connectivity index (χ3n) is 2.44. The predicted molar refractivity (Wildman–Crippen MR) is 80.8 cm³/mol. The first-order chi connectivity index (χ1) is 9.70. The number of rotatable bonds is 7. The lowest BCUT2D eigenvalue weighted by atomic mass is 10.4. The molecule has 2 aromatic heterocycles. The van der Waals surface area contributed by atoms with Gasteiger partial charge in [0.05, 0.1) is 17.2 Å². The highest BCUT2D eigenvalue weighted by Crippen LogP contribution is 2.27. The summed E-state index contributed by atoms with van der Waals surface area (Å²) in [5, 5.41) is 4.86. The van der Waals surface area contributed by atoms with E-state index in [-0.39, 0.29) is 6.61 Å². The Morgan fingerprint density at radius 1 is 1.55 bits per heavy atom. The van der Waals surface area contributed by atoms with Crippen LogP contribution in [0.15, 0.2) is 35.5 Å². The Labute approximate surface area is 125 Å². The van der Waals surface area contributed by atoms with Gasteiger partial charge in [0.15, 0.2) is 6.10 Å². The molecule has 0 aliphatic heterocycles. The molecule has 0 aromatic carbocycles. The van der Waals surface area contributed by atoms with Gasteiger partial charge in [-0.3, -0.25) is 0 Å². The normalized spacial score (nSPS) is 12.1. The zero-order valence-electron chi connectivity index (χ0n) is 11.1. The largest absolute Gasteiger partial charge is 0.457 e. The topological polar surface area (TPSA) is 48.4 Å².